The molecule has 1 heterocycles. The molecule has 6 heteroatoms. The zero-order chi connectivity index (χ0) is 17.0. The second-order valence-electron chi connectivity index (χ2n) is 4.89. The summed E-state index contributed by atoms with van der Waals surface area (Å²) < 4.78 is 10.6. The van der Waals surface area contributed by atoms with Crippen LogP contribution in [0.25, 0.3) is 0 Å². The SMILES string of the molecule is CCOC(=O)C1=C(CC)OC(N)=C(C#N)[C@@H]1c1ccc(Cl)cc1. The van der Waals surface area contributed by atoms with E-state index in [0.29, 0.717) is 22.8 Å². The van der Waals surface area contributed by atoms with Crippen LogP contribution in [0, 0.1) is 11.3 Å². The molecule has 0 aliphatic carbocycles. The largest absolute Gasteiger partial charge is 0.463 e. The molecule has 0 amide bonds. The van der Waals surface area contributed by atoms with Gasteiger partial charge in [0.1, 0.15) is 17.4 Å². The summed E-state index contributed by atoms with van der Waals surface area (Å²) in [4.78, 5) is 12.4. The molecule has 2 N–H and O–H groups in total. The average Bonchev–Trinajstić information content (AvgIpc) is 2.54. The number of allylic oxidation sites excluding steroid dienone is 2. The minimum atomic E-state index is -0.625. The topological polar surface area (TPSA) is 85.3 Å². The second-order valence-corrected chi connectivity index (χ2v) is 5.32. The Kier molecular flexibility index (Phi) is 5.30. The molecular weight excluding hydrogens is 316 g/mol. The minimum Gasteiger partial charge on any atom is -0.463 e. The van der Waals surface area contributed by atoms with Gasteiger partial charge in [-0.1, -0.05) is 30.7 Å². The Morgan fingerprint density at radius 2 is 2.04 bits per heavy atom. The van der Waals surface area contributed by atoms with Gasteiger partial charge >= 0.3 is 5.97 Å². The Hall–Kier alpha value is -2.45. The van der Waals surface area contributed by atoms with Gasteiger partial charge in [0.2, 0.25) is 5.88 Å². The Bertz CT molecular complexity index is 714. The summed E-state index contributed by atoms with van der Waals surface area (Å²) in [6.07, 6.45) is 0.456. The maximum Gasteiger partial charge on any atom is 0.338 e. The zero-order valence-corrected chi connectivity index (χ0v) is 13.7. The van der Waals surface area contributed by atoms with Crippen LogP contribution in [-0.2, 0) is 14.3 Å². The molecule has 1 atom stereocenters. The van der Waals surface area contributed by atoms with E-state index in [1.54, 1.807) is 31.2 Å². The van der Waals surface area contributed by atoms with Crippen molar-refractivity contribution < 1.29 is 14.3 Å². The molecule has 0 aromatic heterocycles. The molecule has 120 valence electrons. The minimum absolute atomic E-state index is 0.0114. The lowest BCUT2D eigenvalue weighted by molar-refractivity contribution is -0.139. The van der Waals surface area contributed by atoms with Crippen LogP contribution in [0.15, 0.2) is 47.1 Å². The molecule has 0 radical (unpaired) electrons. The fraction of sp³-hybridized carbons (Fsp3) is 0.294. The number of carbonyl (C=O) groups excluding carboxylic acids is 1. The van der Waals surface area contributed by atoms with Gasteiger partial charge in [0.25, 0.3) is 0 Å². The second kappa shape index (κ2) is 7.21. The smallest absolute Gasteiger partial charge is 0.338 e. The molecule has 5 nitrogen and oxygen atoms in total. The van der Waals surface area contributed by atoms with Gasteiger partial charge in [-0.2, -0.15) is 5.26 Å². The van der Waals surface area contributed by atoms with Crippen molar-refractivity contribution in [2.24, 2.45) is 5.73 Å². The number of carbonyl (C=O) groups is 1. The Labute approximate surface area is 139 Å². The first-order valence-electron chi connectivity index (χ1n) is 7.26. The van der Waals surface area contributed by atoms with Crippen LogP contribution >= 0.6 is 11.6 Å². The lowest BCUT2D eigenvalue weighted by atomic mass is 9.82. The summed E-state index contributed by atoms with van der Waals surface area (Å²) in [5.41, 5.74) is 7.10. The van der Waals surface area contributed by atoms with Gasteiger partial charge in [0.05, 0.1) is 18.1 Å². The molecule has 0 fully saturated rings. The number of hydrogen-bond donors (Lipinski definition) is 1. The molecule has 0 bridgehead atoms. The monoisotopic (exact) mass is 332 g/mol. The molecule has 23 heavy (non-hydrogen) atoms. The zero-order valence-electron chi connectivity index (χ0n) is 12.9. The van der Waals surface area contributed by atoms with Crippen molar-refractivity contribution in [2.45, 2.75) is 26.2 Å². The molecule has 0 unspecified atom stereocenters. The van der Waals surface area contributed by atoms with E-state index in [1.165, 1.54) is 0 Å². The lowest BCUT2D eigenvalue weighted by Crippen LogP contribution is -2.26. The van der Waals surface area contributed by atoms with Crippen LogP contribution in [0.1, 0.15) is 31.7 Å². The average molecular weight is 333 g/mol. The van der Waals surface area contributed by atoms with E-state index in [4.69, 9.17) is 26.8 Å². The van der Waals surface area contributed by atoms with Gasteiger partial charge in [-0.25, -0.2) is 4.79 Å². The van der Waals surface area contributed by atoms with Crippen LogP contribution in [0.4, 0.5) is 0 Å². The van der Waals surface area contributed by atoms with Crippen molar-refractivity contribution >= 4 is 17.6 Å². The summed E-state index contributed by atoms with van der Waals surface area (Å²) >= 11 is 5.92. The van der Waals surface area contributed by atoms with E-state index in [0.717, 1.165) is 5.56 Å². The van der Waals surface area contributed by atoms with E-state index < -0.39 is 11.9 Å². The van der Waals surface area contributed by atoms with E-state index >= 15 is 0 Å². The number of ether oxygens (including phenoxy) is 2. The number of esters is 1. The predicted molar refractivity (Wildman–Crippen MR) is 86.1 cm³/mol. The van der Waals surface area contributed by atoms with Crippen molar-refractivity contribution in [1.29, 1.82) is 5.26 Å². The molecule has 0 saturated carbocycles. The van der Waals surface area contributed by atoms with Crippen LogP contribution < -0.4 is 5.73 Å². The number of rotatable bonds is 4. The fourth-order valence-corrected chi connectivity index (χ4v) is 2.63. The van der Waals surface area contributed by atoms with Crippen LogP contribution in [0.2, 0.25) is 5.02 Å². The maximum absolute atomic E-state index is 12.4. The predicted octanol–water partition coefficient (Wildman–Crippen LogP) is 3.37. The van der Waals surface area contributed by atoms with Crippen LogP contribution in [0.5, 0.6) is 0 Å². The Morgan fingerprint density at radius 3 is 2.57 bits per heavy atom. The van der Waals surface area contributed by atoms with Gasteiger partial charge in [-0.15, -0.1) is 0 Å². The molecule has 1 aliphatic rings. The summed E-state index contributed by atoms with van der Waals surface area (Å²) in [6.45, 7) is 3.80. The fourth-order valence-electron chi connectivity index (χ4n) is 2.50. The molecule has 2 rings (SSSR count). The highest BCUT2D eigenvalue weighted by Crippen LogP contribution is 2.40. The summed E-state index contributed by atoms with van der Waals surface area (Å²) in [5.74, 6) is -0.707. The normalized spacial score (nSPS) is 17.6. The van der Waals surface area contributed by atoms with Crippen LogP contribution in [0.3, 0.4) is 0 Å². The van der Waals surface area contributed by atoms with Crippen molar-refractivity contribution in [1.82, 2.24) is 0 Å². The van der Waals surface area contributed by atoms with Gasteiger partial charge in [0.15, 0.2) is 0 Å². The maximum atomic E-state index is 12.4. The third-order valence-corrected chi connectivity index (χ3v) is 3.77. The first-order valence-corrected chi connectivity index (χ1v) is 7.64. The Morgan fingerprint density at radius 1 is 1.39 bits per heavy atom. The van der Waals surface area contributed by atoms with E-state index in [9.17, 15) is 10.1 Å². The number of nitriles is 1. The van der Waals surface area contributed by atoms with Gasteiger partial charge < -0.3 is 15.2 Å². The number of nitrogens with zero attached hydrogens (tertiary/aromatic N) is 1. The summed E-state index contributed by atoms with van der Waals surface area (Å²) in [7, 11) is 0. The molecule has 0 spiro atoms. The number of benzene rings is 1. The number of halogens is 1. The molecule has 1 aromatic carbocycles. The van der Waals surface area contributed by atoms with Crippen LogP contribution in [-0.4, -0.2) is 12.6 Å². The van der Waals surface area contributed by atoms with Crippen molar-refractivity contribution in [3.63, 3.8) is 0 Å². The van der Waals surface area contributed by atoms with Crippen molar-refractivity contribution in [2.75, 3.05) is 6.61 Å². The third kappa shape index (κ3) is 3.33. The van der Waals surface area contributed by atoms with Gasteiger partial charge in [-0.3, -0.25) is 0 Å². The number of nitrogens with two attached hydrogens (primary N) is 1. The summed E-state index contributed by atoms with van der Waals surface area (Å²) in [6, 6.07) is 8.96. The van der Waals surface area contributed by atoms with E-state index in [1.807, 2.05) is 13.0 Å². The van der Waals surface area contributed by atoms with E-state index in [-0.39, 0.29) is 18.1 Å². The first-order chi connectivity index (χ1) is 11.0. The van der Waals surface area contributed by atoms with Crippen molar-refractivity contribution in [3.8, 4) is 6.07 Å². The lowest BCUT2D eigenvalue weighted by Gasteiger charge is -2.27. The number of hydrogen-bond acceptors (Lipinski definition) is 5. The highest BCUT2D eigenvalue weighted by Gasteiger charge is 2.36. The van der Waals surface area contributed by atoms with E-state index in [2.05, 4.69) is 0 Å². The highest BCUT2D eigenvalue weighted by molar-refractivity contribution is 6.30. The molecule has 1 aromatic rings. The Balaban J connectivity index is 2.63. The van der Waals surface area contributed by atoms with Gasteiger partial charge in [-0.05, 0) is 24.6 Å². The highest BCUT2D eigenvalue weighted by atomic mass is 35.5. The molecule has 1 aliphatic heterocycles. The van der Waals surface area contributed by atoms with Crippen molar-refractivity contribution in [3.05, 3.63) is 57.6 Å². The third-order valence-electron chi connectivity index (χ3n) is 3.52. The molecular formula is C17H17ClN2O3. The quantitative estimate of drug-likeness (QED) is 0.854. The van der Waals surface area contributed by atoms with Gasteiger partial charge in [0, 0.05) is 11.4 Å². The standard InChI is InChI=1S/C17H17ClN2O3/c1-3-13-15(17(21)22-4-2)14(12(9-19)16(20)23-13)10-5-7-11(18)8-6-10/h5-8,14H,3-4,20H2,1-2H3/t14-/m0/s1. The summed E-state index contributed by atoms with van der Waals surface area (Å²) in [5, 5.41) is 10.0. The first kappa shape index (κ1) is 16.9. The molecule has 0 saturated heterocycles.